The molecule has 1 aromatic carbocycles. The standard InChI is InChI=1S/C20H23N3O4S/c1-12(2)27-15-8-6-5-7-14(15)23-18-16-13(3)17(20(24)26-10-9-25-4)28-19(16)22-11-21-18/h5-8,11-12H,9-10H2,1-4H3,(H,21,22,23). The number of rotatable bonds is 8. The number of aryl methyl sites for hydroxylation is 1. The highest BCUT2D eigenvalue weighted by Gasteiger charge is 2.21. The molecule has 0 saturated carbocycles. The third kappa shape index (κ3) is 4.40. The molecule has 148 valence electrons. The van der Waals surface area contributed by atoms with Crippen LogP contribution in [0.1, 0.15) is 29.1 Å². The zero-order valence-electron chi connectivity index (χ0n) is 16.3. The minimum atomic E-state index is -0.382. The van der Waals surface area contributed by atoms with Crippen molar-refractivity contribution in [3.05, 3.63) is 41.0 Å². The van der Waals surface area contributed by atoms with E-state index in [-0.39, 0.29) is 18.7 Å². The maximum Gasteiger partial charge on any atom is 0.348 e. The molecule has 0 unspecified atom stereocenters. The number of carbonyl (C=O) groups excluding carboxylic acids is 1. The van der Waals surface area contributed by atoms with Crippen molar-refractivity contribution < 1.29 is 19.0 Å². The molecule has 2 heterocycles. The number of hydrogen-bond donors (Lipinski definition) is 1. The fourth-order valence-corrected chi connectivity index (χ4v) is 3.74. The Balaban J connectivity index is 1.94. The van der Waals surface area contributed by atoms with Gasteiger partial charge in [0.2, 0.25) is 0 Å². The van der Waals surface area contributed by atoms with E-state index in [1.807, 2.05) is 45.0 Å². The van der Waals surface area contributed by atoms with Crippen LogP contribution in [0.15, 0.2) is 30.6 Å². The molecular formula is C20H23N3O4S. The number of benzene rings is 1. The molecule has 0 amide bonds. The fourth-order valence-electron chi connectivity index (χ4n) is 2.70. The van der Waals surface area contributed by atoms with Gasteiger partial charge >= 0.3 is 5.97 Å². The van der Waals surface area contributed by atoms with Crippen molar-refractivity contribution in [2.24, 2.45) is 0 Å². The quantitative estimate of drug-likeness (QED) is 0.444. The Hall–Kier alpha value is -2.71. The van der Waals surface area contributed by atoms with Crippen molar-refractivity contribution in [1.29, 1.82) is 0 Å². The van der Waals surface area contributed by atoms with E-state index >= 15 is 0 Å². The molecule has 0 aliphatic carbocycles. The van der Waals surface area contributed by atoms with Gasteiger partial charge in [0, 0.05) is 7.11 Å². The molecule has 3 aromatic rings. The molecule has 28 heavy (non-hydrogen) atoms. The van der Waals surface area contributed by atoms with Gasteiger partial charge in [-0.3, -0.25) is 0 Å². The van der Waals surface area contributed by atoms with Crippen molar-refractivity contribution in [3.8, 4) is 5.75 Å². The van der Waals surface area contributed by atoms with Gasteiger partial charge in [-0.05, 0) is 38.5 Å². The highest BCUT2D eigenvalue weighted by atomic mass is 32.1. The van der Waals surface area contributed by atoms with Crippen LogP contribution in [0.25, 0.3) is 10.2 Å². The molecule has 0 radical (unpaired) electrons. The van der Waals surface area contributed by atoms with Crippen LogP contribution in [0, 0.1) is 6.92 Å². The van der Waals surface area contributed by atoms with E-state index in [1.54, 1.807) is 7.11 Å². The van der Waals surface area contributed by atoms with Gasteiger partial charge in [0.05, 0.1) is 23.8 Å². The summed E-state index contributed by atoms with van der Waals surface area (Å²) in [6.07, 6.45) is 1.52. The Labute approximate surface area is 167 Å². The Morgan fingerprint density at radius 3 is 2.75 bits per heavy atom. The topological polar surface area (TPSA) is 82.6 Å². The van der Waals surface area contributed by atoms with Gasteiger partial charge in [0.25, 0.3) is 0 Å². The molecule has 0 fully saturated rings. The lowest BCUT2D eigenvalue weighted by Crippen LogP contribution is -2.09. The average molecular weight is 401 g/mol. The first kappa shape index (κ1) is 20.0. The smallest absolute Gasteiger partial charge is 0.348 e. The molecular weight excluding hydrogens is 378 g/mol. The van der Waals surface area contributed by atoms with Crippen LogP contribution >= 0.6 is 11.3 Å². The Kier molecular flexibility index (Phi) is 6.43. The van der Waals surface area contributed by atoms with Crippen LogP contribution in [0.5, 0.6) is 5.75 Å². The van der Waals surface area contributed by atoms with Crippen LogP contribution < -0.4 is 10.1 Å². The molecule has 0 aliphatic heterocycles. The number of para-hydroxylation sites is 2. The summed E-state index contributed by atoms with van der Waals surface area (Å²) in [6.45, 7) is 6.39. The van der Waals surface area contributed by atoms with E-state index in [0.717, 1.165) is 27.2 Å². The highest BCUT2D eigenvalue weighted by Crippen LogP contribution is 2.36. The summed E-state index contributed by atoms with van der Waals surface area (Å²) in [6, 6.07) is 7.67. The van der Waals surface area contributed by atoms with Crippen molar-refractivity contribution in [1.82, 2.24) is 9.97 Å². The summed E-state index contributed by atoms with van der Waals surface area (Å²) in [5, 5.41) is 4.12. The van der Waals surface area contributed by atoms with E-state index in [1.165, 1.54) is 17.7 Å². The molecule has 7 nitrogen and oxygen atoms in total. The number of nitrogens with zero attached hydrogens (tertiary/aromatic N) is 2. The maximum absolute atomic E-state index is 12.4. The number of hydrogen-bond acceptors (Lipinski definition) is 8. The number of methoxy groups -OCH3 is 1. The lowest BCUT2D eigenvalue weighted by molar-refractivity contribution is 0.0393. The van der Waals surface area contributed by atoms with Crippen molar-refractivity contribution in [2.75, 3.05) is 25.6 Å². The Bertz CT molecular complexity index is 971. The highest BCUT2D eigenvalue weighted by molar-refractivity contribution is 7.20. The summed E-state index contributed by atoms with van der Waals surface area (Å²) in [7, 11) is 1.56. The number of nitrogens with one attached hydrogen (secondary N) is 1. The molecule has 0 bridgehead atoms. The first-order chi connectivity index (χ1) is 13.5. The maximum atomic E-state index is 12.4. The molecule has 2 aromatic heterocycles. The van der Waals surface area contributed by atoms with Gasteiger partial charge in [-0.25, -0.2) is 14.8 Å². The second kappa shape index (κ2) is 8.99. The second-order valence-electron chi connectivity index (χ2n) is 6.38. The van der Waals surface area contributed by atoms with Crippen LogP contribution in [-0.2, 0) is 9.47 Å². The second-order valence-corrected chi connectivity index (χ2v) is 7.37. The van der Waals surface area contributed by atoms with Crippen LogP contribution in [0.4, 0.5) is 11.5 Å². The van der Waals surface area contributed by atoms with Crippen LogP contribution in [-0.4, -0.2) is 42.4 Å². The fraction of sp³-hybridized carbons (Fsp3) is 0.350. The van der Waals surface area contributed by atoms with Crippen molar-refractivity contribution in [2.45, 2.75) is 26.9 Å². The number of esters is 1. The molecule has 0 aliphatic rings. The van der Waals surface area contributed by atoms with E-state index in [9.17, 15) is 4.79 Å². The number of fused-ring (bicyclic) bond motifs is 1. The molecule has 3 rings (SSSR count). The predicted octanol–water partition coefficient (Wildman–Crippen LogP) is 4.33. The van der Waals surface area contributed by atoms with Gasteiger partial charge in [-0.2, -0.15) is 0 Å². The average Bonchev–Trinajstić information content (AvgIpc) is 3.01. The minimum absolute atomic E-state index is 0.0460. The van der Waals surface area contributed by atoms with Gasteiger partial charge < -0.3 is 19.5 Å². The van der Waals surface area contributed by atoms with Crippen molar-refractivity contribution >= 4 is 39.0 Å². The molecule has 1 N–H and O–H groups in total. The van der Waals surface area contributed by atoms with Crippen molar-refractivity contribution in [3.63, 3.8) is 0 Å². The minimum Gasteiger partial charge on any atom is -0.489 e. The normalized spacial score (nSPS) is 11.0. The first-order valence-electron chi connectivity index (χ1n) is 8.94. The zero-order valence-corrected chi connectivity index (χ0v) is 17.1. The summed E-state index contributed by atoms with van der Waals surface area (Å²) in [5.74, 6) is 0.970. The zero-order chi connectivity index (χ0) is 20.1. The third-order valence-electron chi connectivity index (χ3n) is 3.94. The van der Waals surface area contributed by atoms with Gasteiger partial charge in [-0.1, -0.05) is 12.1 Å². The van der Waals surface area contributed by atoms with E-state index in [0.29, 0.717) is 17.3 Å². The number of thiophene rings is 1. The number of aromatic nitrogens is 2. The monoisotopic (exact) mass is 401 g/mol. The summed E-state index contributed by atoms with van der Waals surface area (Å²) in [4.78, 5) is 22.3. The summed E-state index contributed by atoms with van der Waals surface area (Å²) < 4.78 is 16.1. The van der Waals surface area contributed by atoms with Gasteiger partial charge in [-0.15, -0.1) is 11.3 Å². The van der Waals surface area contributed by atoms with E-state index in [2.05, 4.69) is 15.3 Å². The lowest BCUT2D eigenvalue weighted by atomic mass is 10.2. The molecule has 0 atom stereocenters. The first-order valence-corrected chi connectivity index (χ1v) is 9.75. The third-order valence-corrected chi connectivity index (χ3v) is 5.12. The molecule has 0 saturated heterocycles. The van der Waals surface area contributed by atoms with E-state index < -0.39 is 0 Å². The largest absolute Gasteiger partial charge is 0.489 e. The summed E-state index contributed by atoms with van der Waals surface area (Å²) in [5.41, 5.74) is 1.58. The van der Waals surface area contributed by atoms with E-state index in [4.69, 9.17) is 14.2 Å². The number of anilines is 2. The lowest BCUT2D eigenvalue weighted by Gasteiger charge is -2.15. The molecule has 8 heteroatoms. The Morgan fingerprint density at radius 1 is 1.21 bits per heavy atom. The van der Waals surface area contributed by atoms with Gasteiger partial charge in [0.15, 0.2) is 0 Å². The number of carbonyl (C=O) groups is 1. The predicted molar refractivity (Wildman–Crippen MR) is 110 cm³/mol. The number of ether oxygens (including phenoxy) is 3. The van der Waals surface area contributed by atoms with Gasteiger partial charge in [0.1, 0.15) is 34.2 Å². The summed E-state index contributed by atoms with van der Waals surface area (Å²) >= 11 is 1.29. The van der Waals surface area contributed by atoms with Crippen LogP contribution in [0.3, 0.4) is 0 Å². The Morgan fingerprint density at radius 2 is 2.00 bits per heavy atom. The van der Waals surface area contributed by atoms with Crippen LogP contribution in [0.2, 0.25) is 0 Å². The SMILES string of the molecule is COCCOC(=O)c1sc2ncnc(Nc3ccccc3OC(C)C)c2c1C. The molecule has 0 spiro atoms.